The molecule has 0 aliphatic carbocycles. The zero-order chi connectivity index (χ0) is 20.8. The molecular formula is C21H19ClN2O4S. The van der Waals surface area contributed by atoms with Gasteiger partial charge in [0.25, 0.3) is 0 Å². The van der Waals surface area contributed by atoms with Gasteiger partial charge in [0, 0.05) is 23.2 Å². The summed E-state index contributed by atoms with van der Waals surface area (Å²) in [4.78, 5) is 17.0. The molecule has 150 valence electrons. The van der Waals surface area contributed by atoms with Crippen LogP contribution in [0, 0.1) is 0 Å². The van der Waals surface area contributed by atoms with Crippen LogP contribution in [0.5, 0.6) is 5.75 Å². The number of ketones is 1. The second kappa shape index (κ2) is 7.31. The maximum atomic E-state index is 12.7. The van der Waals surface area contributed by atoms with Gasteiger partial charge in [0.15, 0.2) is 12.4 Å². The number of hydrogen-bond acceptors (Lipinski definition) is 5. The minimum absolute atomic E-state index is 0.155. The normalized spacial score (nSPS) is 16.1. The van der Waals surface area contributed by atoms with Crippen molar-refractivity contribution in [1.29, 1.82) is 0 Å². The third-order valence-electron chi connectivity index (χ3n) is 4.95. The predicted octanol–water partition coefficient (Wildman–Crippen LogP) is 3.86. The van der Waals surface area contributed by atoms with E-state index >= 15 is 0 Å². The van der Waals surface area contributed by atoms with E-state index in [1.54, 1.807) is 42.6 Å². The number of fused-ring (bicyclic) bond motifs is 2. The quantitative estimate of drug-likeness (QED) is 0.574. The Morgan fingerprint density at radius 3 is 2.83 bits per heavy atom. The Kier molecular flexibility index (Phi) is 4.96. The van der Waals surface area contributed by atoms with E-state index in [2.05, 4.69) is 4.98 Å². The number of benzene rings is 2. The van der Waals surface area contributed by atoms with E-state index in [0.717, 1.165) is 10.9 Å². The zero-order valence-electron chi connectivity index (χ0n) is 15.9. The van der Waals surface area contributed by atoms with Crippen LogP contribution >= 0.6 is 11.6 Å². The fraction of sp³-hybridized carbons (Fsp3) is 0.238. The number of hydrogen-bond donors (Lipinski definition) is 0. The Morgan fingerprint density at radius 1 is 1.28 bits per heavy atom. The first-order chi connectivity index (χ1) is 13.8. The van der Waals surface area contributed by atoms with Crippen LogP contribution in [0.2, 0.25) is 5.02 Å². The van der Waals surface area contributed by atoms with E-state index in [0.29, 0.717) is 34.0 Å². The molecule has 2 aromatic carbocycles. The summed E-state index contributed by atoms with van der Waals surface area (Å²) in [6.45, 7) is 1.70. The number of anilines is 1. The number of rotatable bonds is 5. The molecule has 3 aromatic rings. The molecule has 4 rings (SSSR count). The standard InChI is InChI=1S/C21H19ClN2O4S/c1-13-10-15-11-14(5-7-18(15)24(13)29(2,26)27)19(25)12-28-20-8-6-17(22)16-4-3-9-23-21(16)20/h3-9,11,13H,10,12H2,1-2H3/t13-/m0/s1. The lowest BCUT2D eigenvalue weighted by atomic mass is 10.0. The van der Waals surface area contributed by atoms with E-state index in [-0.39, 0.29) is 18.4 Å². The molecule has 8 heteroatoms. The molecule has 1 aliphatic heterocycles. The zero-order valence-corrected chi connectivity index (χ0v) is 17.5. The number of sulfonamides is 1. The maximum absolute atomic E-state index is 12.7. The lowest BCUT2D eigenvalue weighted by Crippen LogP contribution is -2.34. The van der Waals surface area contributed by atoms with Crippen molar-refractivity contribution >= 4 is 44.0 Å². The first kappa shape index (κ1) is 19.7. The number of halogens is 1. The van der Waals surface area contributed by atoms with Gasteiger partial charge in [0.1, 0.15) is 11.3 Å². The Bertz CT molecular complexity index is 1230. The van der Waals surface area contributed by atoms with Crippen LogP contribution in [0.25, 0.3) is 10.9 Å². The number of pyridine rings is 1. The summed E-state index contributed by atoms with van der Waals surface area (Å²) in [5, 5.41) is 1.32. The molecule has 6 nitrogen and oxygen atoms in total. The molecule has 0 radical (unpaired) electrons. The molecule has 29 heavy (non-hydrogen) atoms. The molecule has 0 bridgehead atoms. The van der Waals surface area contributed by atoms with Crippen LogP contribution in [0.15, 0.2) is 48.7 Å². The first-order valence-corrected chi connectivity index (χ1v) is 11.3. The average Bonchev–Trinajstić information content (AvgIpc) is 3.02. The van der Waals surface area contributed by atoms with Crippen LogP contribution < -0.4 is 9.04 Å². The topological polar surface area (TPSA) is 76.6 Å². The molecular weight excluding hydrogens is 412 g/mol. The van der Waals surface area contributed by atoms with Gasteiger partial charge in [-0.1, -0.05) is 11.6 Å². The summed E-state index contributed by atoms with van der Waals surface area (Å²) in [7, 11) is -3.36. The van der Waals surface area contributed by atoms with E-state index in [9.17, 15) is 13.2 Å². The highest BCUT2D eigenvalue weighted by molar-refractivity contribution is 7.92. The van der Waals surface area contributed by atoms with E-state index in [1.807, 2.05) is 13.0 Å². The number of carbonyl (C=O) groups is 1. The van der Waals surface area contributed by atoms with Crippen LogP contribution in [-0.2, 0) is 16.4 Å². The second-order valence-corrected chi connectivity index (χ2v) is 9.38. The third kappa shape index (κ3) is 3.68. The van der Waals surface area contributed by atoms with Crippen molar-refractivity contribution in [2.24, 2.45) is 0 Å². The summed E-state index contributed by atoms with van der Waals surface area (Å²) < 4.78 is 31.2. The van der Waals surface area contributed by atoms with Crippen LogP contribution in [-0.4, -0.2) is 38.1 Å². The smallest absolute Gasteiger partial charge is 0.232 e. The summed E-state index contributed by atoms with van der Waals surface area (Å²) in [6, 6.07) is 11.9. The average molecular weight is 431 g/mol. The van der Waals surface area contributed by atoms with Crippen molar-refractivity contribution in [2.75, 3.05) is 17.2 Å². The molecule has 0 unspecified atom stereocenters. The summed E-state index contributed by atoms with van der Waals surface area (Å²) >= 11 is 6.19. The number of Topliss-reactive ketones (excluding diaryl/α,β-unsaturated/α-hetero) is 1. The lowest BCUT2D eigenvalue weighted by Gasteiger charge is -2.21. The Hall–Kier alpha value is -2.64. The molecule has 1 aliphatic rings. The molecule has 0 N–H and O–H groups in total. The van der Waals surface area contributed by atoms with Crippen molar-refractivity contribution in [3.05, 3.63) is 64.8 Å². The molecule has 0 saturated carbocycles. The number of carbonyl (C=O) groups excluding carboxylic acids is 1. The highest BCUT2D eigenvalue weighted by atomic mass is 35.5. The molecule has 0 amide bonds. The molecule has 0 saturated heterocycles. The van der Waals surface area contributed by atoms with Crippen LogP contribution in [0.3, 0.4) is 0 Å². The van der Waals surface area contributed by atoms with Gasteiger partial charge in [0.05, 0.1) is 17.0 Å². The maximum Gasteiger partial charge on any atom is 0.232 e. The molecule has 1 atom stereocenters. The minimum Gasteiger partial charge on any atom is -0.483 e. The monoisotopic (exact) mass is 430 g/mol. The van der Waals surface area contributed by atoms with E-state index in [4.69, 9.17) is 16.3 Å². The van der Waals surface area contributed by atoms with Crippen molar-refractivity contribution in [1.82, 2.24) is 4.98 Å². The Balaban J connectivity index is 1.55. The molecule has 2 heterocycles. The Labute approximate surface area is 174 Å². The minimum atomic E-state index is -3.36. The summed E-state index contributed by atoms with van der Waals surface area (Å²) in [5.74, 6) is 0.286. The van der Waals surface area contributed by atoms with Crippen LogP contribution in [0.4, 0.5) is 5.69 Å². The fourth-order valence-electron chi connectivity index (χ4n) is 3.74. The highest BCUT2D eigenvalue weighted by Gasteiger charge is 2.32. The van der Waals surface area contributed by atoms with Crippen LogP contribution in [0.1, 0.15) is 22.8 Å². The van der Waals surface area contributed by atoms with Gasteiger partial charge in [-0.3, -0.25) is 14.1 Å². The van der Waals surface area contributed by atoms with Crippen molar-refractivity contribution in [3.63, 3.8) is 0 Å². The van der Waals surface area contributed by atoms with Gasteiger partial charge >= 0.3 is 0 Å². The van der Waals surface area contributed by atoms with Gasteiger partial charge in [-0.05, 0) is 61.4 Å². The Morgan fingerprint density at radius 2 is 2.07 bits per heavy atom. The van der Waals surface area contributed by atoms with Crippen molar-refractivity contribution in [2.45, 2.75) is 19.4 Å². The molecule has 0 fully saturated rings. The lowest BCUT2D eigenvalue weighted by molar-refractivity contribution is 0.0922. The van der Waals surface area contributed by atoms with Crippen molar-refractivity contribution < 1.29 is 17.9 Å². The van der Waals surface area contributed by atoms with E-state index < -0.39 is 10.0 Å². The number of aromatic nitrogens is 1. The highest BCUT2D eigenvalue weighted by Crippen LogP contribution is 2.35. The molecule has 0 spiro atoms. The van der Waals surface area contributed by atoms with Gasteiger partial charge in [0.2, 0.25) is 10.0 Å². The predicted molar refractivity (Wildman–Crippen MR) is 114 cm³/mol. The van der Waals surface area contributed by atoms with Gasteiger partial charge < -0.3 is 4.74 Å². The van der Waals surface area contributed by atoms with Crippen molar-refractivity contribution in [3.8, 4) is 5.75 Å². The first-order valence-electron chi connectivity index (χ1n) is 9.07. The largest absolute Gasteiger partial charge is 0.483 e. The van der Waals surface area contributed by atoms with Gasteiger partial charge in [-0.25, -0.2) is 8.42 Å². The fourth-order valence-corrected chi connectivity index (χ4v) is 5.22. The number of ether oxygens (including phenoxy) is 1. The molecule has 1 aromatic heterocycles. The van der Waals surface area contributed by atoms with E-state index in [1.165, 1.54) is 10.6 Å². The van der Waals surface area contributed by atoms with Gasteiger partial charge in [-0.15, -0.1) is 0 Å². The van der Waals surface area contributed by atoms with Gasteiger partial charge in [-0.2, -0.15) is 0 Å². The summed E-state index contributed by atoms with van der Waals surface area (Å²) in [5.41, 5.74) is 2.55. The number of nitrogens with zero attached hydrogens (tertiary/aromatic N) is 2. The SMILES string of the molecule is C[C@H]1Cc2cc(C(=O)COc3ccc(Cl)c4cccnc34)ccc2N1S(C)(=O)=O. The summed E-state index contributed by atoms with van der Waals surface area (Å²) in [6.07, 6.45) is 3.40. The second-order valence-electron chi connectivity index (χ2n) is 7.11. The third-order valence-corrected chi connectivity index (χ3v) is 6.55.